The third-order valence-electron chi connectivity index (χ3n) is 6.00. The second kappa shape index (κ2) is 9.09. The number of methoxy groups -OCH3 is 1. The molecular formula is C24H28N4O4S. The Labute approximate surface area is 194 Å². The Bertz CT molecular complexity index is 1320. The number of hydrogen-bond acceptors (Lipinski definition) is 6. The van der Waals surface area contributed by atoms with Gasteiger partial charge in [-0.05, 0) is 30.8 Å². The lowest BCUT2D eigenvalue weighted by molar-refractivity contribution is 0.102. The third kappa shape index (κ3) is 4.31. The highest BCUT2D eigenvalue weighted by atomic mass is 32.2. The van der Waals surface area contributed by atoms with E-state index < -0.39 is 10.0 Å². The van der Waals surface area contributed by atoms with E-state index in [4.69, 9.17) is 9.72 Å². The van der Waals surface area contributed by atoms with Crippen LogP contribution < -0.4 is 10.1 Å². The van der Waals surface area contributed by atoms with Crippen LogP contribution in [0.2, 0.25) is 0 Å². The largest absolute Gasteiger partial charge is 0.495 e. The number of amides is 1. The van der Waals surface area contributed by atoms with Crippen LogP contribution >= 0.6 is 0 Å². The molecule has 8 nitrogen and oxygen atoms in total. The summed E-state index contributed by atoms with van der Waals surface area (Å²) in [5.74, 6) is 0.0592. The number of benzene rings is 2. The van der Waals surface area contributed by atoms with Crippen LogP contribution in [0.5, 0.6) is 5.75 Å². The van der Waals surface area contributed by atoms with Crippen molar-refractivity contribution in [1.29, 1.82) is 0 Å². The lowest BCUT2D eigenvalue weighted by Gasteiger charge is -2.29. The van der Waals surface area contributed by atoms with Crippen LogP contribution in [0.15, 0.2) is 47.4 Å². The number of para-hydroxylation sites is 1. The van der Waals surface area contributed by atoms with E-state index in [2.05, 4.69) is 17.1 Å². The van der Waals surface area contributed by atoms with Crippen LogP contribution in [-0.4, -0.2) is 62.8 Å². The maximum atomic E-state index is 13.7. The summed E-state index contributed by atoms with van der Waals surface area (Å²) in [5.41, 5.74) is 3.47. The molecule has 0 bridgehead atoms. The Hall–Kier alpha value is -3.01. The van der Waals surface area contributed by atoms with E-state index in [9.17, 15) is 13.2 Å². The van der Waals surface area contributed by atoms with E-state index in [1.165, 1.54) is 33.3 Å². The molecule has 33 heavy (non-hydrogen) atoms. The Morgan fingerprint density at radius 1 is 1.21 bits per heavy atom. The number of carbonyl (C=O) groups excluding carboxylic acids is 1. The molecule has 3 aromatic rings. The van der Waals surface area contributed by atoms with Crippen LogP contribution in [0.25, 0.3) is 10.9 Å². The number of sulfonamides is 1. The number of nitrogens with one attached hydrogen (secondary N) is 1. The zero-order chi connectivity index (χ0) is 23.8. The lowest BCUT2D eigenvalue weighted by atomic mass is 9.95. The first-order chi connectivity index (χ1) is 15.8. The van der Waals surface area contributed by atoms with Gasteiger partial charge in [0.15, 0.2) is 0 Å². The quantitative estimate of drug-likeness (QED) is 0.598. The summed E-state index contributed by atoms with van der Waals surface area (Å²) in [6.45, 7) is 4.51. The van der Waals surface area contributed by atoms with Gasteiger partial charge in [0.05, 0.1) is 28.8 Å². The normalized spacial score (nSPS) is 14.3. The van der Waals surface area contributed by atoms with Gasteiger partial charge in [0.1, 0.15) is 5.75 Å². The zero-order valence-electron chi connectivity index (χ0n) is 19.3. The standard InChI is InChI=1S/C24H28N4O4S/c1-5-28-13-12-20-18(15-28)23(17-8-6-7-9-19(17)25-20)24(29)26-21-14-16(10-11-22(21)32-4)33(30,31)27(2)3/h6-11,14H,5,12-13,15H2,1-4H3,(H,26,29). The van der Waals surface area contributed by atoms with Crippen LogP contribution in [0.1, 0.15) is 28.5 Å². The summed E-state index contributed by atoms with van der Waals surface area (Å²) < 4.78 is 31.8. The average Bonchev–Trinajstić information content (AvgIpc) is 2.81. The molecule has 0 spiro atoms. The van der Waals surface area contributed by atoms with Crippen molar-refractivity contribution < 1.29 is 17.9 Å². The first-order valence-corrected chi connectivity index (χ1v) is 12.2. The van der Waals surface area contributed by atoms with Gasteiger partial charge >= 0.3 is 0 Å². The molecule has 0 saturated carbocycles. The van der Waals surface area contributed by atoms with Gasteiger partial charge in [0.25, 0.3) is 5.91 Å². The van der Waals surface area contributed by atoms with E-state index in [-0.39, 0.29) is 10.8 Å². The zero-order valence-corrected chi connectivity index (χ0v) is 20.1. The van der Waals surface area contributed by atoms with Gasteiger partial charge in [-0.2, -0.15) is 0 Å². The van der Waals surface area contributed by atoms with Crippen molar-refractivity contribution in [3.63, 3.8) is 0 Å². The van der Waals surface area contributed by atoms with Crippen molar-refractivity contribution in [3.05, 3.63) is 59.3 Å². The second-order valence-electron chi connectivity index (χ2n) is 8.15. The minimum atomic E-state index is -3.67. The number of carbonyl (C=O) groups is 1. The van der Waals surface area contributed by atoms with Crippen molar-refractivity contribution in [1.82, 2.24) is 14.2 Å². The van der Waals surface area contributed by atoms with Gasteiger partial charge in [-0.1, -0.05) is 25.1 Å². The molecule has 0 aliphatic carbocycles. The fourth-order valence-electron chi connectivity index (χ4n) is 4.12. The SMILES string of the molecule is CCN1CCc2nc3ccccc3c(C(=O)Nc3cc(S(=O)(=O)N(C)C)ccc3OC)c2C1. The summed E-state index contributed by atoms with van der Waals surface area (Å²) in [6.07, 6.45) is 0.772. The third-order valence-corrected chi connectivity index (χ3v) is 7.81. The summed E-state index contributed by atoms with van der Waals surface area (Å²) in [4.78, 5) is 20.9. The topological polar surface area (TPSA) is 91.8 Å². The highest BCUT2D eigenvalue weighted by Crippen LogP contribution is 2.32. The molecule has 1 N–H and O–H groups in total. The average molecular weight is 469 g/mol. The molecule has 0 unspecified atom stereocenters. The van der Waals surface area contributed by atoms with Crippen LogP contribution in [0.4, 0.5) is 5.69 Å². The predicted octanol–water partition coefficient (Wildman–Crippen LogP) is 3.12. The Morgan fingerprint density at radius 2 is 1.97 bits per heavy atom. The van der Waals surface area contributed by atoms with Crippen LogP contribution in [0.3, 0.4) is 0 Å². The van der Waals surface area contributed by atoms with Gasteiger partial charge in [0, 0.05) is 50.2 Å². The van der Waals surface area contributed by atoms with E-state index in [1.54, 1.807) is 6.07 Å². The number of hydrogen-bond donors (Lipinski definition) is 1. The summed E-state index contributed by atoms with van der Waals surface area (Å²) in [6, 6.07) is 12.0. The molecular weight excluding hydrogens is 440 g/mol. The fraction of sp³-hybridized carbons (Fsp3) is 0.333. The molecule has 174 valence electrons. The molecule has 0 saturated heterocycles. The molecule has 0 atom stereocenters. The van der Waals surface area contributed by atoms with Gasteiger partial charge in [-0.15, -0.1) is 0 Å². The van der Waals surface area contributed by atoms with Gasteiger partial charge < -0.3 is 10.1 Å². The molecule has 4 rings (SSSR count). The molecule has 1 aliphatic rings. The molecule has 0 radical (unpaired) electrons. The summed E-state index contributed by atoms with van der Waals surface area (Å²) >= 11 is 0. The minimum absolute atomic E-state index is 0.0716. The van der Waals surface area contributed by atoms with E-state index in [1.807, 2.05) is 24.3 Å². The Balaban J connectivity index is 1.82. The lowest BCUT2D eigenvalue weighted by Crippen LogP contribution is -2.33. The number of likely N-dealkylation sites (N-methyl/N-ethyl adjacent to an activating group) is 1. The maximum Gasteiger partial charge on any atom is 0.256 e. The fourth-order valence-corrected chi connectivity index (χ4v) is 5.04. The van der Waals surface area contributed by atoms with Crippen molar-refractivity contribution in [2.24, 2.45) is 0 Å². The highest BCUT2D eigenvalue weighted by Gasteiger charge is 2.26. The van der Waals surface area contributed by atoms with E-state index >= 15 is 0 Å². The summed E-state index contributed by atoms with van der Waals surface area (Å²) in [7, 11) is 0.735. The van der Waals surface area contributed by atoms with Crippen molar-refractivity contribution in [2.45, 2.75) is 24.8 Å². The molecule has 1 aliphatic heterocycles. The van der Waals surface area contributed by atoms with E-state index in [0.717, 1.165) is 46.0 Å². The van der Waals surface area contributed by atoms with Crippen LogP contribution in [0, 0.1) is 0 Å². The van der Waals surface area contributed by atoms with Gasteiger partial charge in [-0.3, -0.25) is 14.7 Å². The number of pyridine rings is 1. The van der Waals surface area contributed by atoms with Gasteiger partial charge in [-0.25, -0.2) is 12.7 Å². The minimum Gasteiger partial charge on any atom is -0.495 e. The number of anilines is 1. The van der Waals surface area contributed by atoms with Crippen molar-refractivity contribution >= 4 is 32.5 Å². The molecule has 0 fully saturated rings. The number of fused-ring (bicyclic) bond motifs is 2. The number of ether oxygens (including phenoxy) is 1. The molecule has 1 aromatic heterocycles. The molecule has 2 aromatic carbocycles. The first kappa shape index (κ1) is 23.2. The number of nitrogens with zero attached hydrogens (tertiary/aromatic N) is 3. The van der Waals surface area contributed by atoms with Crippen molar-refractivity contribution in [2.75, 3.05) is 39.6 Å². The first-order valence-electron chi connectivity index (χ1n) is 10.8. The highest BCUT2D eigenvalue weighted by molar-refractivity contribution is 7.89. The monoisotopic (exact) mass is 468 g/mol. The molecule has 9 heteroatoms. The second-order valence-corrected chi connectivity index (χ2v) is 10.3. The molecule has 2 heterocycles. The van der Waals surface area contributed by atoms with Crippen molar-refractivity contribution in [3.8, 4) is 5.75 Å². The summed E-state index contributed by atoms with van der Waals surface area (Å²) in [5, 5.41) is 3.68. The number of aromatic nitrogens is 1. The maximum absolute atomic E-state index is 13.7. The Morgan fingerprint density at radius 3 is 2.67 bits per heavy atom. The predicted molar refractivity (Wildman–Crippen MR) is 128 cm³/mol. The smallest absolute Gasteiger partial charge is 0.256 e. The number of rotatable bonds is 6. The Kier molecular flexibility index (Phi) is 6.38. The van der Waals surface area contributed by atoms with Gasteiger partial charge in [0.2, 0.25) is 10.0 Å². The van der Waals surface area contributed by atoms with Crippen LogP contribution in [-0.2, 0) is 23.0 Å². The molecule has 1 amide bonds. The van der Waals surface area contributed by atoms with E-state index in [0.29, 0.717) is 23.5 Å².